The largest absolute Gasteiger partial charge is 0.463 e. The number of ketones is 1. The Balaban J connectivity index is 1.43. The van der Waals surface area contributed by atoms with Crippen LogP contribution in [0.1, 0.15) is 87.4 Å². The van der Waals surface area contributed by atoms with Crippen LogP contribution >= 0.6 is 0 Å². The molecule has 4 rings (SSSR count). The highest BCUT2D eigenvalue weighted by atomic mass is 16.7. The van der Waals surface area contributed by atoms with Gasteiger partial charge in [-0.1, -0.05) is 89.2 Å². The highest BCUT2D eigenvalue weighted by Gasteiger charge is 2.53. The van der Waals surface area contributed by atoms with Gasteiger partial charge in [-0.15, -0.1) is 0 Å². The van der Waals surface area contributed by atoms with Crippen LogP contribution in [0.25, 0.3) is 10.8 Å². The highest BCUT2D eigenvalue weighted by Crippen LogP contribution is 2.31. The highest BCUT2D eigenvalue weighted by molar-refractivity contribution is 5.97. The topological polar surface area (TPSA) is 167 Å². The Morgan fingerprint density at radius 2 is 1.11 bits per heavy atom. The first-order valence-electron chi connectivity index (χ1n) is 18.3. The van der Waals surface area contributed by atoms with Crippen LogP contribution in [0.5, 0.6) is 0 Å². The minimum absolute atomic E-state index is 0.00949. The molecule has 0 aliphatic carbocycles. The molecule has 54 heavy (non-hydrogen) atoms. The van der Waals surface area contributed by atoms with Crippen LogP contribution in [-0.4, -0.2) is 79.5 Å². The summed E-state index contributed by atoms with van der Waals surface area (Å²) in [5, 5.41) is 2.19. The van der Waals surface area contributed by atoms with Crippen molar-refractivity contribution in [3.8, 4) is 0 Å². The maximum atomic E-state index is 13.3. The molecule has 3 aromatic rings. The van der Waals surface area contributed by atoms with Crippen molar-refractivity contribution in [2.75, 3.05) is 13.2 Å². The number of rotatable bonds is 18. The number of carbonyl (C=O) groups excluding carboxylic acids is 6. The van der Waals surface area contributed by atoms with E-state index in [9.17, 15) is 28.8 Å². The lowest BCUT2D eigenvalue weighted by Crippen LogP contribution is -2.63. The van der Waals surface area contributed by atoms with E-state index in [0.29, 0.717) is 5.56 Å². The van der Waals surface area contributed by atoms with Crippen molar-refractivity contribution in [2.24, 2.45) is 0 Å². The van der Waals surface area contributed by atoms with Crippen LogP contribution < -0.4 is 0 Å². The Bertz CT molecular complexity index is 1780. The molecule has 0 radical (unpaired) electrons. The van der Waals surface area contributed by atoms with Crippen molar-refractivity contribution in [1.82, 2.24) is 0 Å². The van der Waals surface area contributed by atoms with Gasteiger partial charge in [0.05, 0.1) is 6.42 Å². The molecule has 1 saturated heterocycles. The van der Waals surface area contributed by atoms with Gasteiger partial charge in [-0.25, -0.2) is 0 Å². The summed E-state index contributed by atoms with van der Waals surface area (Å²) in [4.78, 5) is 75.5. The molecule has 13 nitrogen and oxygen atoms in total. The summed E-state index contributed by atoms with van der Waals surface area (Å²) in [7, 11) is 0. The summed E-state index contributed by atoms with van der Waals surface area (Å²) in [5.41, 5.74) is 3.00. The molecule has 3 aromatic carbocycles. The Labute approximate surface area is 314 Å². The molecule has 13 heteroatoms. The standard InChI is InChI=1S/C41H48O13/c1-6-25-11-17-30-20-27(14-18-29(30)19-25)22-48-37(47)21-26-12-15-28(16-13-26)31(42)23-50-41-40(54-36(46)10-5)39(53-35(45)9-4)38(52-34(44)8-3)32(51-41)24-49-33(43)7-2/h11-20,32,38-41H,6-10,21-24H2,1-5H3/t32-,38+,39+,40-,41-/m1/s1. The Morgan fingerprint density at radius 1 is 0.574 bits per heavy atom. The number of esters is 5. The van der Waals surface area contributed by atoms with Crippen LogP contribution in [0.3, 0.4) is 0 Å². The number of carbonyl (C=O) groups is 6. The summed E-state index contributed by atoms with van der Waals surface area (Å²) in [6.07, 6.45) is -6.08. The van der Waals surface area contributed by atoms with E-state index in [2.05, 4.69) is 25.1 Å². The first kappa shape index (κ1) is 41.6. The van der Waals surface area contributed by atoms with Crippen LogP contribution in [0, 0.1) is 0 Å². The summed E-state index contributed by atoms with van der Waals surface area (Å²) < 4.78 is 39.5. The third-order valence-corrected chi connectivity index (χ3v) is 8.74. The van der Waals surface area contributed by atoms with E-state index in [1.807, 2.05) is 18.2 Å². The van der Waals surface area contributed by atoms with Gasteiger partial charge >= 0.3 is 29.8 Å². The van der Waals surface area contributed by atoms with Gasteiger partial charge in [-0.2, -0.15) is 0 Å². The maximum absolute atomic E-state index is 13.3. The number of ether oxygens (including phenoxy) is 7. The fraction of sp³-hybridized carbons (Fsp3) is 0.463. The zero-order valence-corrected chi connectivity index (χ0v) is 31.3. The van der Waals surface area contributed by atoms with Gasteiger partial charge in [0.1, 0.15) is 25.9 Å². The molecule has 0 spiro atoms. The number of hydrogen-bond donors (Lipinski definition) is 0. The third-order valence-electron chi connectivity index (χ3n) is 8.74. The second kappa shape index (κ2) is 20.4. The molecule has 0 amide bonds. The van der Waals surface area contributed by atoms with E-state index in [4.69, 9.17) is 33.2 Å². The molecule has 1 heterocycles. The summed E-state index contributed by atoms with van der Waals surface area (Å²) in [5.74, 6) is -3.54. The van der Waals surface area contributed by atoms with Crippen molar-refractivity contribution < 1.29 is 61.9 Å². The minimum atomic E-state index is -1.49. The monoisotopic (exact) mass is 748 g/mol. The first-order chi connectivity index (χ1) is 26.0. The molecular weight excluding hydrogens is 700 g/mol. The second-order valence-electron chi connectivity index (χ2n) is 12.6. The summed E-state index contributed by atoms with van der Waals surface area (Å²) >= 11 is 0. The Morgan fingerprint density at radius 3 is 1.70 bits per heavy atom. The van der Waals surface area contributed by atoms with E-state index in [1.54, 1.807) is 39.8 Å². The van der Waals surface area contributed by atoms with Crippen molar-refractivity contribution in [1.29, 1.82) is 0 Å². The van der Waals surface area contributed by atoms with E-state index < -0.39 is 79.5 Å². The number of aryl methyl sites for hydroxylation is 1. The van der Waals surface area contributed by atoms with Crippen molar-refractivity contribution in [2.45, 2.75) is 110 Å². The van der Waals surface area contributed by atoms with Crippen molar-refractivity contribution in [3.05, 3.63) is 82.9 Å². The van der Waals surface area contributed by atoms with Crippen molar-refractivity contribution >= 4 is 46.4 Å². The minimum Gasteiger partial charge on any atom is -0.463 e. The lowest BCUT2D eigenvalue weighted by atomic mass is 9.98. The fourth-order valence-corrected chi connectivity index (χ4v) is 5.62. The lowest BCUT2D eigenvalue weighted by Gasteiger charge is -2.44. The van der Waals surface area contributed by atoms with Gasteiger partial charge in [0.25, 0.3) is 0 Å². The summed E-state index contributed by atoms with van der Waals surface area (Å²) in [6.45, 7) is 7.51. The van der Waals surface area contributed by atoms with Crippen LogP contribution in [0.4, 0.5) is 0 Å². The molecule has 0 N–H and O–H groups in total. The van der Waals surface area contributed by atoms with Gasteiger partial charge in [0.2, 0.25) is 0 Å². The molecule has 0 unspecified atom stereocenters. The van der Waals surface area contributed by atoms with Gasteiger partial charge in [-0.05, 0) is 39.9 Å². The Hall–Kier alpha value is -5.14. The van der Waals surface area contributed by atoms with E-state index in [-0.39, 0.29) is 44.3 Å². The molecule has 0 saturated carbocycles. The molecule has 1 aliphatic heterocycles. The first-order valence-corrected chi connectivity index (χ1v) is 18.3. The van der Waals surface area contributed by atoms with Crippen molar-refractivity contribution in [3.63, 3.8) is 0 Å². The predicted octanol–water partition coefficient (Wildman–Crippen LogP) is 5.53. The van der Waals surface area contributed by atoms with E-state index in [0.717, 1.165) is 22.8 Å². The molecule has 1 fully saturated rings. The average molecular weight is 749 g/mol. The maximum Gasteiger partial charge on any atom is 0.310 e. The van der Waals surface area contributed by atoms with Crippen LogP contribution in [0.15, 0.2) is 60.7 Å². The quantitative estimate of drug-likeness (QED) is 0.0906. The third kappa shape index (κ3) is 11.7. The van der Waals surface area contributed by atoms with Crippen LogP contribution in [-0.2, 0) is 76.6 Å². The average Bonchev–Trinajstić information content (AvgIpc) is 3.19. The molecule has 290 valence electrons. The number of benzene rings is 3. The SMILES string of the molecule is CCC(=O)OC[C@H]1O[C@@H](OCC(=O)c2ccc(CC(=O)OCc3ccc4cc(CC)ccc4c3)cc2)[C@H](OC(=O)CC)[C@@H](OC(=O)CC)[C@H]1OC(=O)CC. The van der Waals surface area contributed by atoms with Gasteiger partial charge < -0.3 is 33.2 Å². The van der Waals surface area contributed by atoms with Gasteiger partial charge in [0.15, 0.2) is 30.4 Å². The number of fused-ring (bicyclic) bond motifs is 1. The van der Waals surface area contributed by atoms with E-state index >= 15 is 0 Å². The number of Topliss-reactive ketones (excluding diaryl/α,β-unsaturated/α-hetero) is 1. The van der Waals surface area contributed by atoms with E-state index in [1.165, 1.54) is 17.7 Å². The second-order valence-corrected chi connectivity index (χ2v) is 12.6. The molecule has 1 aliphatic rings. The smallest absolute Gasteiger partial charge is 0.310 e. The normalized spacial score (nSPS) is 19.4. The molecule has 5 atom stereocenters. The molecular formula is C41H48O13. The lowest BCUT2D eigenvalue weighted by molar-refractivity contribution is -0.306. The zero-order chi connectivity index (χ0) is 39.2. The van der Waals surface area contributed by atoms with Gasteiger partial charge in [0, 0.05) is 31.2 Å². The number of hydrogen-bond acceptors (Lipinski definition) is 13. The zero-order valence-electron chi connectivity index (χ0n) is 31.3. The van der Waals surface area contributed by atoms with Gasteiger partial charge in [-0.3, -0.25) is 28.8 Å². The molecule has 0 bridgehead atoms. The molecule has 0 aromatic heterocycles. The Kier molecular flexibility index (Phi) is 15.7. The van der Waals surface area contributed by atoms with Crippen LogP contribution in [0.2, 0.25) is 0 Å². The summed E-state index contributed by atoms with van der Waals surface area (Å²) in [6, 6.07) is 18.6. The fourth-order valence-electron chi connectivity index (χ4n) is 5.62. The predicted molar refractivity (Wildman–Crippen MR) is 194 cm³/mol.